The molecule has 0 amide bonds. The second kappa shape index (κ2) is 6.29. The van der Waals surface area contributed by atoms with Gasteiger partial charge in [0.15, 0.2) is 11.5 Å². The molecule has 0 radical (unpaired) electrons. The number of piperazine rings is 1. The molecule has 1 aliphatic rings. The molecular formula is C17H18BrN5. The molecule has 23 heavy (non-hydrogen) atoms. The molecule has 4 rings (SSSR count). The lowest BCUT2D eigenvalue weighted by Crippen LogP contribution is -2.46. The van der Waals surface area contributed by atoms with E-state index in [0.29, 0.717) is 0 Å². The van der Waals surface area contributed by atoms with E-state index in [4.69, 9.17) is 0 Å². The minimum Gasteiger partial charge on any atom is -0.351 e. The maximum atomic E-state index is 4.54. The van der Waals surface area contributed by atoms with Crippen LogP contribution >= 0.6 is 15.9 Å². The van der Waals surface area contributed by atoms with E-state index in [-0.39, 0.29) is 0 Å². The number of halogens is 1. The molecule has 0 atom stereocenters. The van der Waals surface area contributed by atoms with Crippen LogP contribution in [0.4, 0.5) is 5.82 Å². The lowest BCUT2D eigenvalue weighted by atomic mass is 10.2. The van der Waals surface area contributed by atoms with Crippen molar-refractivity contribution < 1.29 is 0 Å². The number of aromatic nitrogens is 3. The molecule has 1 fully saturated rings. The highest BCUT2D eigenvalue weighted by Crippen LogP contribution is 2.20. The topological polar surface area (TPSA) is 36.7 Å². The van der Waals surface area contributed by atoms with E-state index in [2.05, 4.69) is 60.0 Å². The first-order valence-corrected chi connectivity index (χ1v) is 8.58. The van der Waals surface area contributed by atoms with Gasteiger partial charge >= 0.3 is 0 Å². The number of anilines is 1. The summed E-state index contributed by atoms with van der Waals surface area (Å²) in [5, 5.41) is 0. The van der Waals surface area contributed by atoms with Gasteiger partial charge in [-0.15, -0.1) is 0 Å². The van der Waals surface area contributed by atoms with Crippen molar-refractivity contribution in [3.63, 3.8) is 0 Å². The highest BCUT2D eigenvalue weighted by molar-refractivity contribution is 9.10. The summed E-state index contributed by atoms with van der Waals surface area (Å²) in [6.45, 7) is 5.03. The maximum Gasteiger partial charge on any atom is 0.180 e. The van der Waals surface area contributed by atoms with E-state index < -0.39 is 0 Å². The molecule has 2 aromatic heterocycles. The van der Waals surface area contributed by atoms with E-state index >= 15 is 0 Å². The minimum absolute atomic E-state index is 0.938. The van der Waals surface area contributed by atoms with Gasteiger partial charge in [0, 0.05) is 62.0 Å². The summed E-state index contributed by atoms with van der Waals surface area (Å²) in [7, 11) is 0. The number of hydrogen-bond acceptors (Lipinski definition) is 4. The molecule has 0 spiro atoms. The molecule has 0 unspecified atom stereocenters. The fourth-order valence-electron chi connectivity index (χ4n) is 3.07. The van der Waals surface area contributed by atoms with Crippen molar-refractivity contribution in [2.75, 3.05) is 31.1 Å². The first-order chi connectivity index (χ1) is 11.3. The van der Waals surface area contributed by atoms with Crippen molar-refractivity contribution in [1.82, 2.24) is 19.3 Å². The van der Waals surface area contributed by atoms with Crippen molar-refractivity contribution >= 4 is 27.4 Å². The van der Waals surface area contributed by atoms with Crippen LogP contribution in [0.5, 0.6) is 0 Å². The highest BCUT2D eigenvalue weighted by Gasteiger charge is 2.20. The summed E-state index contributed by atoms with van der Waals surface area (Å²) in [6.07, 6.45) is 7.57. The molecule has 0 aliphatic carbocycles. The number of rotatable bonds is 3. The summed E-state index contributed by atoms with van der Waals surface area (Å²) in [6, 6.07) is 8.54. The fourth-order valence-corrected chi connectivity index (χ4v) is 3.52. The predicted octanol–water partition coefficient (Wildman–Crippen LogP) is 2.81. The van der Waals surface area contributed by atoms with Crippen LogP contribution in [0.2, 0.25) is 0 Å². The van der Waals surface area contributed by atoms with Gasteiger partial charge in [-0.2, -0.15) is 0 Å². The third-order valence-corrected chi connectivity index (χ3v) is 4.75. The Morgan fingerprint density at radius 3 is 2.57 bits per heavy atom. The van der Waals surface area contributed by atoms with Crippen LogP contribution in [0.3, 0.4) is 0 Å². The van der Waals surface area contributed by atoms with Crippen molar-refractivity contribution in [3.8, 4) is 0 Å². The molecular weight excluding hydrogens is 354 g/mol. The van der Waals surface area contributed by atoms with Crippen molar-refractivity contribution in [2.24, 2.45) is 0 Å². The van der Waals surface area contributed by atoms with Gasteiger partial charge in [-0.25, -0.2) is 9.97 Å². The standard InChI is InChI=1S/C17H18BrN5/c18-15-3-1-2-14(12-15)13-21-8-10-23(11-9-21)17-16-19-4-6-22(16)7-5-20-17/h1-7,12H,8-11,13H2. The largest absolute Gasteiger partial charge is 0.351 e. The summed E-state index contributed by atoms with van der Waals surface area (Å²) < 4.78 is 3.17. The Kier molecular flexibility index (Phi) is 4.01. The first-order valence-electron chi connectivity index (χ1n) is 7.79. The van der Waals surface area contributed by atoms with Crippen LogP contribution in [-0.2, 0) is 6.54 Å². The Hall–Kier alpha value is -1.92. The van der Waals surface area contributed by atoms with Crippen LogP contribution in [-0.4, -0.2) is 45.4 Å². The van der Waals surface area contributed by atoms with Gasteiger partial charge < -0.3 is 9.30 Å². The summed E-state index contributed by atoms with van der Waals surface area (Å²) >= 11 is 3.54. The fraction of sp³-hybridized carbons (Fsp3) is 0.294. The zero-order chi connectivity index (χ0) is 15.6. The number of hydrogen-bond donors (Lipinski definition) is 0. The van der Waals surface area contributed by atoms with Crippen LogP contribution in [0.1, 0.15) is 5.56 Å². The molecule has 118 valence electrons. The Morgan fingerprint density at radius 1 is 1.00 bits per heavy atom. The van der Waals surface area contributed by atoms with Gasteiger partial charge in [0.1, 0.15) is 0 Å². The zero-order valence-corrected chi connectivity index (χ0v) is 14.4. The lowest BCUT2D eigenvalue weighted by molar-refractivity contribution is 0.249. The minimum atomic E-state index is 0.938. The third kappa shape index (κ3) is 3.09. The van der Waals surface area contributed by atoms with Crippen molar-refractivity contribution in [3.05, 3.63) is 59.1 Å². The van der Waals surface area contributed by atoms with Crippen LogP contribution in [0.25, 0.3) is 5.65 Å². The molecule has 0 saturated carbocycles. The van der Waals surface area contributed by atoms with Crippen molar-refractivity contribution in [1.29, 1.82) is 0 Å². The van der Waals surface area contributed by atoms with E-state index in [1.165, 1.54) is 5.56 Å². The van der Waals surface area contributed by atoms with Crippen LogP contribution in [0, 0.1) is 0 Å². The Morgan fingerprint density at radius 2 is 1.78 bits per heavy atom. The number of fused-ring (bicyclic) bond motifs is 1. The summed E-state index contributed by atoms with van der Waals surface area (Å²) in [4.78, 5) is 13.8. The second-order valence-corrected chi connectivity index (χ2v) is 6.72. The van der Waals surface area contributed by atoms with E-state index in [9.17, 15) is 0 Å². The highest BCUT2D eigenvalue weighted by atomic mass is 79.9. The van der Waals surface area contributed by atoms with Gasteiger partial charge in [-0.05, 0) is 17.7 Å². The van der Waals surface area contributed by atoms with Gasteiger partial charge in [-0.3, -0.25) is 4.90 Å². The van der Waals surface area contributed by atoms with Crippen LogP contribution < -0.4 is 4.90 Å². The monoisotopic (exact) mass is 371 g/mol. The van der Waals surface area contributed by atoms with Gasteiger partial charge in [0.25, 0.3) is 0 Å². The van der Waals surface area contributed by atoms with E-state index in [1.54, 1.807) is 0 Å². The van der Waals surface area contributed by atoms with Gasteiger partial charge in [-0.1, -0.05) is 28.1 Å². The van der Waals surface area contributed by atoms with Crippen LogP contribution in [0.15, 0.2) is 53.5 Å². The summed E-state index contributed by atoms with van der Waals surface area (Å²) in [5.74, 6) is 0.986. The lowest BCUT2D eigenvalue weighted by Gasteiger charge is -2.35. The molecule has 6 heteroatoms. The average Bonchev–Trinajstić information content (AvgIpc) is 3.04. The Balaban J connectivity index is 1.44. The van der Waals surface area contributed by atoms with E-state index in [0.717, 1.165) is 48.7 Å². The molecule has 0 bridgehead atoms. The molecule has 3 aromatic rings. The number of benzene rings is 1. The normalized spacial score (nSPS) is 16.1. The molecule has 5 nitrogen and oxygen atoms in total. The van der Waals surface area contributed by atoms with Gasteiger partial charge in [0.2, 0.25) is 0 Å². The third-order valence-electron chi connectivity index (χ3n) is 4.26. The second-order valence-electron chi connectivity index (χ2n) is 5.80. The first kappa shape index (κ1) is 14.7. The van der Waals surface area contributed by atoms with E-state index in [1.807, 2.05) is 29.2 Å². The predicted molar refractivity (Wildman–Crippen MR) is 94.6 cm³/mol. The maximum absolute atomic E-state index is 4.54. The summed E-state index contributed by atoms with van der Waals surface area (Å²) in [5.41, 5.74) is 2.29. The molecule has 1 aromatic carbocycles. The average molecular weight is 372 g/mol. The molecule has 0 N–H and O–H groups in total. The van der Waals surface area contributed by atoms with Crippen molar-refractivity contribution in [2.45, 2.75) is 6.54 Å². The molecule has 1 saturated heterocycles. The quantitative estimate of drug-likeness (QED) is 0.709. The zero-order valence-electron chi connectivity index (χ0n) is 12.8. The SMILES string of the molecule is Brc1cccc(CN2CCN(c3nccn4ccnc34)CC2)c1. The number of nitrogens with zero attached hydrogens (tertiary/aromatic N) is 5. The molecule has 3 heterocycles. The molecule has 1 aliphatic heterocycles. The Bertz CT molecular complexity index is 807. The smallest absolute Gasteiger partial charge is 0.180 e. The van der Waals surface area contributed by atoms with Gasteiger partial charge in [0.05, 0.1) is 0 Å². The Labute approximate surface area is 143 Å². The number of imidazole rings is 1.